The molecule has 0 heterocycles. The molecule has 2 rings (SSSR count). The van der Waals surface area contributed by atoms with E-state index in [1.54, 1.807) is 0 Å². The van der Waals surface area contributed by atoms with Crippen LogP contribution in [0.25, 0.3) is 8.96 Å². The molecule has 1 aromatic rings. The Morgan fingerprint density at radius 1 is 0.786 bits per heavy atom. The Labute approximate surface area is 97.6 Å². The molecule has 1 aliphatic rings. The van der Waals surface area contributed by atoms with Gasteiger partial charge in [0.2, 0.25) is 0 Å². The highest BCUT2D eigenvalue weighted by atomic mass is 79.9. The summed E-state index contributed by atoms with van der Waals surface area (Å²) in [6.45, 7) is 0. The van der Waals surface area contributed by atoms with Gasteiger partial charge in [-0.25, -0.2) is 0 Å². The van der Waals surface area contributed by atoms with E-state index in [-0.39, 0.29) is 11.4 Å². The number of hydrogen-bond donors (Lipinski definition) is 2. The molecule has 0 aliphatic heterocycles. The zero-order chi connectivity index (χ0) is 10.3. The first kappa shape index (κ1) is 9.80. The van der Waals surface area contributed by atoms with Crippen LogP contribution in [0.5, 0.6) is 0 Å². The molecule has 0 unspecified atom stereocenters. The van der Waals surface area contributed by atoms with Crippen molar-refractivity contribution in [3.8, 4) is 0 Å². The molecular formula is C10H6Br2N2. The van der Waals surface area contributed by atoms with Crippen molar-refractivity contribution in [2.75, 3.05) is 0 Å². The monoisotopic (exact) mass is 312 g/mol. The van der Waals surface area contributed by atoms with Crippen LogP contribution < -0.4 is 10.4 Å². The Balaban J connectivity index is 3.06. The van der Waals surface area contributed by atoms with Crippen LogP contribution in [-0.2, 0) is 0 Å². The number of benzene rings is 1. The standard InChI is InChI=1S/C10H6Br2N2/c11-7-5-3-1-2-4-6(5)8(12)10(14)9(7)13/h1-4,13-14H. The van der Waals surface area contributed by atoms with Crippen molar-refractivity contribution >= 4 is 52.2 Å². The van der Waals surface area contributed by atoms with Crippen LogP contribution in [-0.4, -0.2) is 11.4 Å². The molecule has 2 nitrogen and oxygen atoms in total. The molecule has 0 aromatic heterocycles. The molecule has 1 aromatic carbocycles. The van der Waals surface area contributed by atoms with Gasteiger partial charge in [0, 0.05) is 0 Å². The van der Waals surface area contributed by atoms with Gasteiger partial charge >= 0.3 is 0 Å². The second-order valence-corrected chi connectivity index (χ2v) is 4.51. The van der Waals surface area contributed by atoms with Gasteiger partial charge in [-0.2, -0.15) is 0 Å². The average molecular weight is 314 g/mol. The third-order valence-electron chi connectivity index (χ3n) is 2.09. The highest BCUT2D eigenvalue weighted by molar-refractivity contribution is 9.15. The Hall–Kier alpha value is -0.740. The summed E-state index contributed by atoms with van der Waals surface area (Å²) >= 11 is 6.67. The van der Waals surface area contributed by atoms with Gasteiger partial charge in [-0.15, -0.1) is 0 Å². The van der Waals surface area contributed by atoms with Crippen LogP contribution in [0, 0.1) is 10.8 Å². The second kappa shape index (κ2) is 3.44. The van der Waals surface area contributed by atoms with Crippen LogP contribution in [0.1, 0.15) is 0 Å². The molecule has 0 atom stereocenters. The summed E-state index contributed by atoms with van der Waals surface area (Å²) in [5.41, 5.74) is 0.436. The lowest BCUT2D eigenvalue weighted by molar-refractivity contribution is 1.46. The molecule has 0 amide bonds. The largest absolute Gasteiger partial charge is 0.297 e. The van der Waals surface area contributed by atoms with Gasteiger partial charge in [-0.05, 0) is 42.3 Å². The minimum atomic E-state index is 0.218. The summed E-state index contributed by atoms with van der Waals surface area (Å²) in [7, 11) is 0. The number of rotatable bonds is 0. The summed E-state index contributed by atoms with van der Waals surface area (Å²) in [5.74, 6) is 0. The highest BCUT2D eigenvalue weighted by Crippen LogP contribution is 2.17. The third-order valence-corrected chi connectivity index (χ3v) is 3.74. The lowest BCUT2D eigenvalue weighted by Crippen LogP contribution is -2.37. The average Bonchev–Trinajstić information content (AvgIpc) is 2.23. The van der Waals surface area contributed by atoms with E-state index in [1.165, 1.54) is 0 Å². The topological polar surface area (TPSA) is 47.7 Å². The first-order valence-corrected chi connectivity index (χ1v) is 5.54. The third kappa shape index (κ3) is 1.29. The molecule has 2 N–H and O–H groups in total. The Kier molecular flexibility index (Phi) is 2.41. The number of halogens is 2. The van der Waals surface area contributed by atoms with Crippen molar-refractivity contribution in [2.24, 2.45) is 0 Å². The second-order valence-electron chi connectivity index (χ2n) is 2.92. The van der Waals surface area contributed by atoms with E-state index in [2.05, 4.69) is 31.9 Å². The zero-order valence-electron chi connectivity index (χ0n) is 7.07. The summed E-state index contributed by atoms with van der Waals surface area (Å²) in [6, 6.07) is 7.70. The van der Waals surface area contributed by atoms with Crippen molar-refractivity contribution < 1.29 is 0 Å². The van der Waals surface area contributed by atoms with E-state index in [0.717, 1.165) is 10.4 Å². The fourth-order valence-corrected chi connectivity index (χ4v) is 2.44. The molecule has 0 spiro atoms. The number of nitrogens with one attached hydrogen (secondary N) is 2. The first-order valence-electron chi connectivity index (χ1n) is 3.96. The summed E-state index contributed by atoms with van der Waals surface area (Å²) in [6.07, 6.45) is 0. The van der Waals surface area contributed by atoms with Gasteiger partial charge in [0.05, 0.1) is 20.4 Å². The van der Waals surface area contributed by atoms with E-state index >= 15 is 0 Å². The molecular weight excluding hydrogens is 308 g/mol. The number of hydrogen-bond acceptors (Lipinski definition) is 2. The fourth-order valence-electron chi connectivity index (χ4n) is 1.35. The maximum Gasteiger partial charge on any atom is 0.0949 e. The molecule has 70 valence electrons. The summed E-state index contributed by atoms with van der Waals surface area (Å²) in [4.78, 5) is 0. The molecule has 0 saturated heterocycles. The zero-order valence-corrected chi connectivity index (χ0v) is 10.2. The van der Waals surface area contributed by atoms with Crippen LogP contribution in [0.15, 0.2) is 24.3 Å². The minimum Gasteiger partial charge on any atom is -0.297 e. The Morgan fingerprint density at radius 3 is 1.50 bits per heavy atom. The van der Waals surface area contributed by atoms with Gasteiger partial charge in [-0.3, -0.25) is 10.8 Å². The first-order chi connectivity index (χ1) is 6.63. The Bertz CT molecular complexity index is 507. The molecule has 0 bridgehead atoms. The molecule has 1 aliphatic carbocycles. The van der Waals surface area contributed by atoms with Crippen molar-refractivity contribution in [1.29, 1.82) is 10.8 Å². The molecule has 0 saturated carbocycles. The SMILES string of the molecule is N=C1C(=N)C(Br)=c2ccccc2=C1Br. The van der Waals surface area contributed by atoms with E-state index in [1.807, 2.05) is 24.3 Å². The van der Waals surface area contributed by atoms with Crippen molar-refractivity contribution in [3.05, 3.63) is 34.7 Å². The van der Waals surface area contributed by atoms with Gasteiger partial charge in [0.1, 0.15) is 0 Å². The van der Waals surface area contributed by atoms with Crippen molar-refractivity contribution in [2.45, 2.75) is 0 Å². The normalized spacial score (nSPS) is 15.9. The molecule has 14 heavy (non-hydrogen) atoms. The maximum absolute atomic E-state index is 7.70. The minimum absolute atomic E-state index is 0.218. The highest BCUT2D eigenvalue weighted by Gasteiger charge is 2.18. The van der Waals surface area contributed by atoms with Gasteiger partial charge in [0.25, 0.3) is 0 Å². The smallest absolute Gasteiger partial charge is 0.0949 e. The summed E-state index contributed by atoms with van der Waals surface area (Å²) in [5, 5.41) is 17.3. The van der Waals surface area contributed by atoms with E-state index in [0.29, 0.717) is 8.96 Å². The lowest BCUT2D eigenvalue weighted by Gasteiger charge is -2.10. The van der Waals surface area contributed by atoms with Crippen LogP contribution in [0.2, 0.25) is 0 Å². The maximum atomic E-state index is 7.70. The summed E-state index contributed by atoms with van der Waals surface area (Å²) < 4.78 is 1.36. The van der Waals surface area contributed by atoms with Crippen LogP contribution in [0.4, 0.5) is 0 Å². The molecule has 0 fully saturated rings. The number of fused-ring (bicyclic) bond motifs is 1. The van der Waals surface area contributed by atoms with Crippen molar-refractivity contribution in [1.82, 2.24) is 0 Å². The molecule has 0 radical (unpaired) electrons. The quantitative estimate of drug-likeness (QED) is 0.733. The lowest BCUT2D eigenvalue weighted by atomic mass is 10.0. The fraction of sp³-hybridized carbons (Fsp3) is 0. The Morgan fingerprint density at radius 2 is 1.14 bits per heavy atom. The van der Waals surface area contributed by atoms with Gasteiger partial charge < -0.3 is 0 Å². The van der Waals surface area contributed by atoms with Crippen molar-refractivity contribution in [3.63, 3.8) is 0 Å². The van der Waals surface area contributed by atoms with E-state index < -0.39 is 0 Å². The molecule has 4 heteroatoms. The predicted octanol–water partition coefficient (Wildman–Crippen LogP) is 1.75. The van der Waals surface area contributed by atoms with E-state index in [9.17, 15) is 0 Å². The van der Waals surface area contributed by atoms with Crippen LogP contribution >= 0.6 is 31.9 Å². The van der Waals surface area contributed by atoms with Crippen LogP contribution in [0.3, 0.4) is 0 Å². The predicted molar refractivity (Wildman–Crippen MR) is 65.8 cm³/mol. The van der Waals surface area contributed by atoms with Gasteiger partial charge in [0.15, 0.2) is 0 Å². The van der Waals surface area contributed by atoms with E-state index in [4.69, 9.17) is 10.8 Å². The van der Waals surface area contributed by atoms with Gasteiger partial charge in [-0.1, -0.05) is 24.3 Å².